The lowest BCUT2D eigenvalue weighted by Crippen LogP contribution is -2.25. The number of nitrogens with zero attached hydrogens (tertiary/aromatic N) is 2. The van der Waals surface area contributed by atoms with E-state index in [2.05, 4.69) is 25.6 Å². The molecule has 0 amide bonds. The summed E-state index contributed by atoms with van der Waals surface area (Å²) in [6.45, 7) is 4.25. The summed E-state index contributed by atoms with van der Waals surface area (Å²) in [7, 11) is -1.69. The van der Waals surface area contributed by atoms with Crippen molar-refractivity contribution in [1.29, 1.82) is 0 Å². The lowest BCUT2D eigenvalue weighted by atomic mass is 10.2. The smallest absolute Gasteiger partial charge is 0.259 e. The van der Waals surface area contributed by atoms with Gasteiger partial charge in [-0.1, -0.05) is 22.9 Å². The van der Waals surface area contributed by atoms with E-state index in [0.717, 1.165) is 12.8 Å². The fourth-order valence-electron chi connectivity index (χ4n) is 1.32. The molecule has 0 spiro atoms. The number of aryl methyl sites for hydroxylation is 2. The van der Waals surface area contributed by atoms with Crippen molar-refractivity contribution in [3.8, 4) is 0 Å². The Labute approximate surface area is 111 Å². The number of hydrogen-bond donors (Lipinski definition) is 1. The number of alkyl halides is 1. The molecule has 0 radical (unpaired) electrons. The zero-order valence-electron chi connectivity index (χ0n) is 10.3. The predicted molar refractivity (Wildman–Crippen MR) is 70.8 cm³/mol. The Morgan fingerprint density at radius 1 is 1.59 bits per heavy atom. The molecule has 0 fully saturated rings. The highest BCUT2D eigenvalue weighted by Crippen LogP contribution is 2.09. The Morgan fingerprint density at radius 2 is 2.24 bits per heavy atom. The molecule has 1 unspecified atom stereocenters. The summed E-state index contributed by atoms with van der Waals surface area (Å²) >= 11 is 3.42. The van der Waals surface area contributed by atoms with Gasteiger partial charge in [0, 0.05) is 24.6 Å². The Bertz CT molecular complexity index is 448. The SMILES string of the molecule is Cc1nc(S(=O)(=O)NCCCC(C)Br)cn1C. The molecule has 1 N–H and O–H groups in total. The van der Waals surface area contributed by atoms with E-state index < -0.39 is 10.0 Å². The number of aromatic nitrogens is 2. The van der Waals surface area contributed by atoms with Crippen molar-refractivity contribution in [3.63, 3.8) is 0 Å². The third-order valence-corrected chi connectivity index (χ3v) is 4.22. The van der Waals surface area contributed by atoms with E-state index in [1.54, 1.807) is 18.5 Å². The topological polar surface area (TPSA) is 64.0 Å². The van der Waals surface area contributed by atoms with Crippen LogP contribution >= 0.6 is 15.9 Å². The standard InChI is InChI=1S/C10H18BrN3O2S/c1-8(11)5-4-6-12-17(15,16)10-7-14(3)9(2)13-10/h7-8,12H,4-6H2,1-3H3. The van der Waals surface area contributed by atoms with Crippen LogP contribution in [0.5, 0.6) is 0 Å². The van der Waals surface area contributed by atoms with Crippen LogP contribution in [-0.4, -0.2) is 29.3 Å². The van der Waals surface area contributed by atoms with Crippen LogP contribution in [0.1, 0.15) is 25.6 Å². The Hall–Kier alpha value is -0.400. The first-order valence-electron chi connectivity index (χ1n) is 5.46. The highest BCUT2D eigenvalue weighted by Gasteiger charge is 2.17. The summed E-state index contributed by atoms with van der Waals surface area (Å²) < 4.78 is 27.9. The lowest BCUT2D eigenvalue weighted by molar-refractivity contribution is 0.573. The molecule has 0 bridgehead atoms. The van der Waals surface area contributed by atoms with Gasteiger partial charge >= 0.3 is 0 Å². The van der Waals surface area contributed by atoms with E-state index in [0.29, 0.717) is 17.2 Å². The molecule has 1 atom stereocenters. The summed E-state index contributed by atoms with van der Waals surface area (Å²) in [5.74, 6) is 0.680. The van der Waals surface area contributed by atoms with Gasteiger partial charge in [-0.05, 0) is 19.8 Å². The van der Waals surface area contributed by atoms with E-state index in [9.17, 15) is 8.42 Å². The van der Waals surface area contributed by atoms with Gasteiger partial charge in [0.15, 0.2) is 5.03 Å². The molecule has 0 aromatic carbocycles. The largest absolute Gasteiger partial charge is 0.337 e. The van der Waals surface area contributed by atoms with Gasteiger partial charge in [-0.3, -0.25) is 0 Å². The molecule has 5 nitrogen and oxygen atoms in total. The Balaban J connectivity index is 2.57. The molecule has 17 heavy (non-hydrogen) atoms. The first-order chi connectivity index (χ1) is 7.83. The molecule has 1 heterocycles. The van der Waals surface area contributed by atoms with Crippen LogP contribution in [0.3, 0.4) is 0 Å². The number of sulfonamides is 1. The first-order valence-corrected chi connectivity index (χ1v) is 7.86. The number of imidazole rings is 1. The zero-order valence-corrected chi connectivity index (χ0v) is 12.7. The lowest BCUT2D eigenvalue weighted by Gasteiger charge is -2.05. The average molecular weight is 324 g/mol. The zero-order chi connectivity index (χ0) is 13.1. The Morgan fingerprint density at radius 3 is 2.71 bits per heavy atom. The van der Waals surface area contributed by atoms with Crippen molar-refractivity contribution in [1.82, 2.24) is 14.3 Å². The molecule has 0 aliphatic heterocycles. The van der Waals surface area contributed by atoms with Crippen LogP contribution in [0, 0.1) is 6.92 Å². The van der Waals surface area contributed by atoms with Gasteiger partial charge in [0.1, 0.15) is 5.82 Å². The summed E-state index contributed by atoms with van der Waals surface area (Å²) in [5.41, 5.74) is 0. The minimum atomic E-state index is -3.46. The van der Waals surface area contributed by atoms with E-state index in [1.807, 2.05) is 6.92 Å². The second-order valence-corrected chi connectivity index (χ2v) is 7.34. The summed E-state index contributed by atoms with van der Waals surface area (Å²) in [6.07, 6.45) is 3.26. The minimum absolute atomic E-state index is 0.0874. The Kier molecular flexibility index (Phi) is 5.15. The van der Waals surface area contributed by atoms with Crippen LogP contribution < -0.4 is 4.72 Å². The van der Waals surface area contributed by atoms with E-state index >= 15 is 0 Å². The maximum Gasteiger partial charge on any atom is 0.259 e. The molecular formula is C10H18BrN3O2S. The molecule has 7 heteroatoms. The van der Waals surface area contributed by atoms with Crippen LogP contribution in [0.25, 0.3) is 0 Å². The number of hydrogen-bond acceptors (Lipinski definition) is 3. The minimum Gasteiger partial charge on any atom is -0.337 e. The quantitative estimate of drug-likeness (QED) is 0.638. The molecule has 1 rings (SSSR count). The van der Waals surface area contributed by atoms with Crippen LogP contribution in [0.4, 0.5) is 0 Å². The molecule has 0 aliphatic rings. The van der Waals surface area contributed by atoms with E-state index in [1.165, 1.54) is 6.20 Å². The highest BCUT2D eigenvalue weighted by atomic mass is 79.9. The molecule has 0 saturated carbocycles. The maximum absolute atomic E-state index is 11.8. The van der Waals surface area contributed by atoms with Gasteiger partial charge < -0.3 is 4.57 Å². The van der Waals surface area contributed by atoms with E-state index in [4.69, 9.17) is 0 Å². The fourth-order valence-corrected chi connectivity index (χ4v) is 2.75. The van der Waals surface area contributed by atoms with Crippen LogP contribution in [0.15, 0.2) is 11.2 Å². The summed E-state index contributed by atoms with van der Waals surface area (Å²) in [6, 6.07) is 0. The van der Waals surface area contributed by atoms with E-state index in [-0.39, 0.29) is 5.03 Å². The monoisotopic (exact) mass is 323 g/mol. The number of nitrogens with one attached hydrogen (secondary N) is 1. The molecule has 0 saturated heterocycles. The van der Waals surface area contributed by atoms with Crippen molar-refractivity contribution in [2.24, 2.45) is 7.05 Å². The van der Waals surface area contributed by atoms with Crippen molar-refractivity contribution in [3.05, 3.63) is 12.0 Å². The van der Waals surface area contributed by atoms with Crippen molar-refractivity contribution in [2.75, 3.05) is 6.54 Å². The molecule has 1 aromatic heterocycles. The number of rotatable bonds is 6. The molecule has 0 aliphatic carbocycles. The summed E-state index contributed by atoms with van der Waals surface area (Å²) in [5, 5.41) is 0.0874. The van der Waals surface area contributed by atoms with Crippen molar-refractivity contribution < 1.29 is 8.42 Å². The normalized spacial score (nSPS) is 13.9. The number of halogens is 1. The van der Waals surface area contributed by atoms with Gasteiger partial charge in [-0.25, -0.2) is 18.1 Å². The van der Waals surface area contributed by atoms with Crippen LogP contribution in [-0.2, 0) is 17.1 Å². The van der Waals surface area contributed by atoms with Gasteiger partial charge in [-0.2, -0.15) is 0 Å². The van der Waals surface area contributed by atoms with Crippen LogP contribution in [0.2, 0.25) is 0 Å². The fraction of sp³-hybridized carbons (Fsp3) is 0.700. The molecule has 98 valence electrons. The predicted octanol–water partition coefficient (Wildman–Crippen LogP) is 1.57. The van der Waals surface area contributed by atoms with Gasteiger partial charge in [0.2, 0.25) is 0 Å². The maximum atomic E-state index is 11.8. The average Bonchev–Trinajstić information content (AvgIpc) is 2.55. The van der Waals surface area contributed by atoms with Crippen molar-refractivity contribution in [2.45, 2.75) is 36.5 Å². The molecular weight excluding hydrogens is 306 g/mol. The van der Waals surface area contributed by atoms with Gasteiger partial charge in [0.05, 0.1) is 0 Å². The highest BCUT2D eigenvalue weighted by molar-refractivity contribution is 9.09. The molecule has 1 aromatic rings. The third-order valence-electron chi connectivity index (χ3n) is 2.43. The van der Waals surface area contributed by atoms with Crippen molar-refractivity contribution >= 4 is 26.0 Å². The van der Waals surface area contributed by atoms with Gasteiger partial charge in [0.25, 0.3) is 10.0 Å². The second-order valence-electron chi connectivity index (χ2n) is 4.06. The first kappa shape index (κ1) is 14.7. The third kappa shape index (κ3) is 4.40. The van der Waals surface area contributed by atoms with Gasteiger partial charge in [-0.15, -0.1) is 0 Å². The second kappa shape index (κ2) is 5.97. The summed E-state index contributed by atoms with van der Waals surface area (Å²) in [4.78, 5) is 4.41.